The number of hydrogen-bond acceptors (Lipinski definition) is 4. The van der Waals surface area contributed by atoms with E-state index < -0.39 is 0 Å². The van der Waals surface area contributed by atoms with Gasteiger partial charge in [0.2, 0.25) is 0 Å². The van der Waals surface area contributed by atoms with Crippen LogP contribution in [0.3, 0.4) is 0 Å². The second kappa shape index (κ2) is 8.25. The molecule has 0 radical (unpaired) electrons. The fourth-order valence-electron chi connectivity index (χ4n) is 2.84. The van der Waals surface area contributed by atoms with E-state index in [0.29, 0.717) is 12.5 Å². The predicted molar refractivity (Wildman–Crippen MR) is 82.0 cm³/mol. The van der Waals surface area contributed by atoms with Crippen LogP contribution in [0.4, 0.5) is 5.69 Å². The average Bonchev–Trinajstić information content (AvgIpc) is 2.93. The third-order valence-corrected chi connectivity index (χ3v) is 3.95. The molecule has 1 aromatic carbocycles. The summed E-state index contributed by atoms with van der Waals surface area (Å²) in [7, 11) is 1.72. The number of aliphatic hydroxyl groups excluding tert-OH is 1. The Morgan fingerprint density at radius 1 is 1.40 bits per heavy atom. The lowest BCUT2D eigenvalue weighted by molar-refractivity contribution is 0.199. The molecule has 2 rings (SSSR count). The van der Waals surface area contributed by atoms with Crippen LogP contribution in [0.5, 0.6) is 0 Å². The first-order valence-electron chi connectivity index (χ1n) is 7.48. The summed E-state index contributed by atoms with van der Waals surface area (Å²) < 4.78 is 5.05. The van der Waals surface area contributed by atoms with Gasteiger partial charge in [0.1, 0.15) is 0 Å². The van der Waals surface area contributed by atoms with Gasteiger partial charge >= 0.3 is 0 Å². The van der Waals surface area contributed by atoms with Gasteiger partial charge in [-0.05, 0) is 30.4 Å². The van der Waals surface area contributed by atoms with Crippen molar-refractivity contribution in [2.45, 2.75) is 19.4 Å². The van der Waals surface area contributed by atoms with Crippen molar-refractivity contribution in [3.05, 3.63) is 29.8 Å². The van der Waals surface area contributed by atoms with E-state index in [-0.39, 0.29) is 0 Å². The maximum absolute atomic E-state index is 9.06. The van der Waals surface area contributed by atoms with Gasteiger partial charge in [-0.3, -0.25) is 0 Å². The molecule has 0 amide bonds. The predicted octanol–water partition coefficient (Wildman–Crippen LogP) is 1.63. The van der Waals surface area contributed by atoms with Gasteiger partial charge in [-0.25, -0.2) is 0 Å². The average molecular weight is 278 g/mol. The zero-order chi connectivity index (χ0) is 14.2. The highest BCUT2D eigenvalue weighted by atomic mass is 16.5. The topological polar surface area (TPSA) is 44.7 Å². The Balaban J connectivity index is 1.94. The number of para-hydroxylation sites is 1. The SMILES string of the molecule is COCCNCc1ccccc1N1CCC(CCO)C1. The molecule has 4 nitrogen and oxygen atoms in total. The summed E-state index contributed by atoms with van der Waals surface area (Å²) in [5.41, 5.74) is 2.67. The van der Waals surface area contributed by atoms with E-state index in [1.807, 2.05) is 0 Å². The summed E-state index contributed by atoms with van der Waals surface area (Å²) in [4.78, 5) is 2.45. The van der Waals surface area contributed by atoms with E-state index in [4.69, 9.17) is 9.84 Å². The minimum atomic E-state index is 0.304. The van der Waals surface area contributed by atoms with Gasteiger partial charge in [-0.1, -0.05) is 18.2 Å². The van der Waals surface area contributed by atoms with E-state index in [1.165, 1.54) is 17.7 Å². The number of anilines is 1. The smallest absolute Gasteiger partial charge is 0.0587 e. The first-order valence-corrected chi connectivity index (χ1v) is 7.48. The molecule has 1 unspecified atom stereocenters. The minimum Gasteiger partial charge on any atom is -0.396 e. The van der Waals surface area contributed by atoms with Crippen LogP contribution < -0.4 is 10.2 Å². The van der Waals surface area contributed by atoms with Crippen molar-refractivity contribution >= 4 is 5.69 Å². The molecule has 20 heavy (non-hydrogen) atoms. The van der Waals surface area contributed by atoms with Crippen LogP contribution >= 0.6 is 0 Å². The van der Waals surface area contributed by atoms with Gasteiger partial charge in [0.15, 0.2) is 0 Å². The van der Waals surface area contributed by atoms with E-state index in [2.05, 4.69) is 34.5 Å². The number of methoxy groups -OCH3 is 1. The van der Waals surface area contributed by atoms with Crippen LogP contribution in [0.1, 0.15) is 18.4 Å². The second-order valence-electron chi connectivity index (χ2n) is 5.41. The van der Waals surface area contributed by atoms with Crippen molar-refractivity contribution in [3.63, 3.8) is 0 Å². The number of rotatable bonds is 8. The monoisotopic (exact) mass is 278 g/mol. The Bertz CT molecular complexity index is 398. The van der Waals surface area contributed by atoms with Crippen LogP contribution in [0.2, 0.25) is 0 Å². The van der Waals surface area contributed by atoms with Gasteiger partial charge < -0.3 is 20.1 Å². The quantitative estimate of drug-likeness (QED) is 0.710. The Kier molecular flexibility index (Phi) is 6.30. The van der Waals surface area contributed by atoms with Crippen molar-refractivity contribution in [2.75, 3.05) is 44.9 Å². The summed E-state index contributed by atoms with van der Waals surface area (Å²) in [6, 6.07) is 8.59. The molecule has 0 spiro atoms. The van der Waals surface area contributed by atoms with E-state index in [9.17, 15) is 0 Å². The molecule has 4 heteroatoms. The van der Waals surface area contributed by atoms with Crippen molar-refractivity contribution < 1.29 is 9.84 Å². The molecule has 1 aliphatic heterocycles. The van der Waals surface area contributed by atoms with Crippen molar-refractivity contribution in [1.82, 2.24) is 5.32 Å². The fourth-order valence-corrected chi connectivity index (χ4v) is 2.84. The molecule has 0 aliphatic carbocycles. The van der Waals surface area contributed by atoms with E-state index in [0.717, 1.165) is 39.2 Å². The highest BCUT2D eigenvalue weighted by Crippen LogP contribution is 2.28. The molecule has 112 valence electrons. The Labute approximate surface area is 121 Å². The zero-order valence-electron chi connectivity index (χ0n) is 12.3. The number of nitrogens with one attached hydrogen (secondary N) is 1. The molecule has 0 aromatic heterocycles. The van der Waals surface area contributed by atoms with Gasteiger partial charge in [-0.2, -0.15) is 0 Å². The normalized spacial score (nSPS) is 18.7. The standard InChI is InChI=1S/C16H26N2O2/c1-20-11-8-17-12-15-4-2-3-5-16(15)18-9-6-14(13-18)7-10-19/h2-5,14,17,19H,6-13H2,1H3. The summed E-state index contributed by atoms with van der Waals surface area (Å²) in [6.45, 7) is 4.96. The van der Waals surface area contributed by atoms with Crippen molar-refractivity contribution in [3.8, 4) is 0 Å². The summed E-state index contributed by atoms with van der Waals surface area (Å²) >= 11 is 0. The van der Waals surface area contributed by atoms with Crippen molar-refractivity contribution in [2.24, 2.45) is 5.92 Å². The Hall–Kier alpha value is -1.10. The first kappa shape index (κ1) is 15.3. The zero-order valence-corrected chi connectivity index (χ0v) is 12.3. The molecule has 0 bridgehead atoms. The highest BCUT2D eigenvalue weighted by Gasteiger charge is 2.23. The van der Waals surface area contributed by atoms with Crippen LogP contribution in [0.25, 0.3) is 0 Å². The lowest BCUT2D eigenvalue weighted by Gasteiger charge is -2.22. The third kappa shape index (κ3) is 4.20. The molecule has 1 aromatic rings. The lowest BCUT2D eigenvalue weighted by atomic mass is 10.1. The second-order valence-corrected chi connectivity index (χ2v) is 5.41. The molecule has 2 N–H and O–H groups in total. The molecular formula is C16H26N2O2. The molecule has 1 atom stereocenters. The van der Waals surface area contributed by atoms with Gasteiger partial charge in [-0.15, -0.1) is 0 Å². The number of hydrogen-bond donors (Lipinski definition) is 2. The largest absolute Gasteiger partial charge is 0.396 e. The van der Waals surface area contributed by atoms with E-state index in [1.54, 1.807) is 7.11 Å². The molecule has 1 saturated heterocycles. The van der Waals surface area contributed by atoms with Crippen LogP contribution in [0, 0.1) is 5.92 Å². The van der Waals surface area contributed by atoms with Crippen LogP contribution in [-0.4, -0.2) is 45.1 Å². The van der Waals surface area contributed by atoms with Gasteiger partial charge in [0.05, 0.1) is 6.61 Å². The Morgan fingerprint density at radius 2 is 2.25 bits per heavy atom. The fraction of sp³-hybridized carbons (Fsp3) is 0.625. The van der Waals surface area contributed by atoms with E-state index >= 15 is 0 Å². The minimum absolute atomic E-state index is 0.304. The lowest BCUT2D eigenvalue weighted by Crippen LogP contribution is -2.24. The molecule has 1 aliphatic rings. The number of ether oxygens (including phenoxy) is 1. The summed E-state index contributed by atoms with van der Waals surface area (Å²) in [6.07, 6.45) is 2.11. The Morgan fingerprint density at radius 3 is 3.05 bits per heavy atom. The number of aliphatic hydroxyl groups is 1. The van der Waals surface area contributed by atoms with Crippen molar-refractivity contribution in [1.29, 1.82) is 0 Å². The maximum Gasteiger partial charge on any atom is 0.0587 e. The highest BCUT2D eigenvalue weighted by molar-refractivity contribution is 5.54. The van der Waals surface area contributed by atoms with Crippen LogP contribution in [0.15, 0.2) is 24.3 Å². The number of benzene rings is 1. The first-order chi connectivity index (χ1) is 9.85. The van der Waals surface area contributed by atoms with Crippen LogP contribution in [-0.2, 0) is 11.3 Å². The number of nitrogens with zero attached hydrogens (tertiary/aromatic N) is 1. The van der Waals surface area contributed by atoms with Gasteiger partial charge in [0.25, 0.3) is 0 Å². The third-order valence-electron chi connectivity index (χ3n) is 3.95. The molecular weight excluding hydrogens is 252 g/mol. The molecule has 1 heterocycles. The maximum atomic E-state index is 9.06. The molecule has 0 saturated carbocycles. The van der Waals surface area contributed by atoms with Gasteiger partial charge in [0, 0.05) is 45.6 Å². The summed E-state index contributed by atoms with van der Waals surface area (Å²) in [5, 5.41) is 12.5. The molecule has 1 fully saturated rings. The summed E-state index contributed by atoms with van der Waals surface area (Å²) in [5.74, 6) is 0.634.